The molecule has 6 nitrogen and oxygen atoms in total. The van der Waals surface area contributed by atoms with Gasteiger partial charge in [0.25, 0.3) is 5.91 Å². The van der Waals surface area contributed by atoms with Crippen molar-refractivity contribution in [2.45, 2.75) is 5.16 Å². The molecule has 0 aliphatic carbocycles. The number of hydrogen-bond acceptors (Lipinski definition) is 5. The minimum Gasteiger partial charge on any atom is -0.364 e. The van der Waals surface area contributed by atoms with Crippen LogP contribution in [0, 0.1) is 5.82 Å². The molecule has 0 saturated heterocycles. The number of hydrogen-bond donors (Lipinski definition) is 1. The van der Waals surface area contributed by atoms with Crippen LogP contribution in [0.2, 0.25) is 0 Å². The quantitative estimate of drug-likeness (QED) is 0.437. The van der Waals surface area contributed by atoms with Crippen molar-refractivity contribution >= 4 is 28.7 Å². The fraction of sp³-hybridized carbons (Fsp3) is 0.188. The molecule has 0 bridgehead atoms. The predicted molar refractivity (Wildman–Crippen MR) is 89.9 cm³/mol. The van der Waals surface area contributed by atoms with Crippen LogP contribution in [-0.2, 0) is 4.74 Å². The van der Waals surface area contributed by atoms with Gasteiger partial charge < -0.3 is 10.1 Å². The molecule has 3 rings (SSSR count). The number of fused-ring (bicyclic) bond motifs is 1. The lowest BCUT2D eigenvalue weighted by atomic mass is 10.3. The zero-order chi connectivity index (χ0) is 17.1. The number of benzene rings is 1. The molecule has 124 valence electrons. The van der Waals surface area contributed by atoms with E-state index >= 15 is 0 Å². The fourth-order valence-corrected chi connectivity index (χ4v) is 2.65. The third kappa shape index (κ3) is 3.10. The summed E-state index contributed by atoms with van der Waals surface area (Å²) in [7, 11) is 1.49. The molecule has 1 amide bonds. The number of aromatic nitrogens is 3. The number of carbonyl (C=O) groups excluding carboxylic acids is 1. The van der Waals surface area contributed by atoms with Crippen LogP contribution in [0.3, 0.4) is 0 Å². The summed E-state index contributed by atoms with van der Waals surface area (Å²) in [6.07, 6.45) is 3.54. The summed E-state index contributed by atoms with van der Waals surface area (Å²) in [6.45, 7) is 0.0888. The van der Waals surface area contributed by atoms with E-state index in [1.165, 1.54) is 31.0 Å². The van der Waals surface area contributed by atoms with Crippen molar-refractivity contribution in [3.63, 3.8) is 0 Å². The number of carbonyl (C=O) groups is 1. The highest BCUT2D eigenvalue weighted by Gasteiger charge is 2.18. The first-order valence-electron chi connectivity index (χ1n) is 7.09. The van der Waals surface area contributed by atoms with Gasteiger partial charge in [0.2, 0.25) is 0 Å². The van der Waals surface area contributed by atoms with Crippen molar-refractivity contribution in [3.8, 4) is 5.69 Å². The molecule has 24 heavy (non-hydrogen) atoms. The first kappa shape index (κ1) is 16.4. The Morgan fingerprint density at radius 2 is 2.12 bits per heavy atom. The summed E-state index contributed by atoms with van der Waals surface area (Å²) < 4.78 is 19.8. The van der Waals surface area contributed by atoms with Gasteiger partial charge in [0.1, 0.15) is 23.9 Å². The normalized spacial score (nSPS) is 11.0. The summed E-state index contributed by atoms with van der Waals surface area (Å²) in [5.41, 5.74) is 1.60. The molecule has 1 aromatic carbocycles. The molecular weight excluding hydrogens is 331 g/mol. The van der Waals surface area contributed by atoms with E-state index in [0.717, 1.165) is 5.39 Å². The van der Waals surface area contributed by atoms with Gasteiger partial charge in [-0.05, 0) is 36.6 Å². The highest BCUT2D eigenvalue weighted by Crippen LogP contribution is 2.24. The zero-order valence-electron chi connectivity index (χ0n) is 13.1. The van der Waals surface area contributed by atoms with Crippen molar-refractivity contribution < 1.29 is 13.9 Å². The summed E-state index contributed by atoms with van der Waals surface area (Å²) >= 11 is 1.41. The molecule has 0 saturated carbocycles. The molecule has 0 atom stereocenters. The Morgan fingerprint density at radius 3 is 2.79 bits per heavy atom. The van der Waals surface area contributed by atoms with E-state index in [1.54, 1.807) is 29.0 Å². The topological polar surface area (TPSA) is 69.0 Å². The van der Waals surface area contributed by atoms with Crippen LogP contribution in [0.25, 0.3) is 16.7 Å². The lowest BCUT2D eigenvalue weighted by Crippen LogP contribution is -2.27. The molecule has 0 fully saturated rings. The second kappa shape index (κ2) is 6.98. The number of halogens is 1. The van der Waals surface area contributed by atoms with Crippen LogP contribution >= 0.6 is 11.8 Å². The average molecular weight is 346 g/mol. The van der Waals surface area contributed by atoms with E-state index in [4.69, 9.17) is 4.74 Å². The number of nitrogens with zero attached hydrogens (tertiary/aromatic N) is 3. The number of amides is 1. The molecule has 2 heterocycles. The SMILES string of the molecule is COCNC(=O)c1cc2cnc(SC)nc2n1-c1ccc(F)cc1. The van der Waals surface area contributed by atoms with Crippen molar-refractivity contribution in [3.05, 3.63) is 48.0 Å². The smallest absolute Gasteiger partial charge is 0.270 e. The fourth-order valence-electron chi connectivity index (χ4n) is 2.32. The zero-order valence-corrected chi connectivity index (χ0v) is 13.9. The first-order chi connectivity index (χ1) is 11.6. The number of thioether (sulfide) groups is 1. The second-order valence-electron chi connectivity index (χ2n) is 4.92. The van der Waals surface area contributed by atoms with Crippen LogP contribution in [0.4, 0.5) is 4.39 Å². The predicted octanol–water partition coefficient (Wildman–Crippen LogP) is 2.62. The van der Waals surface area contributed by atoms with Crippen molar-refractivity contribution in [2.75, 3.05) is 20.1 Å². The van der Waals surface area contributed by atoms with Gasteiger partial charge in [-0.15, -0.1) is 0 Å². The van der Waals surface area contributed by atoms with E-state index in [2.05, 4.69) is 15.3 Å². The van der Waals surface area contributed by atoms with Gasteiger partial charge in [-0.2, -0.15) is 0 Å². The lowest BCUT2D eigenvalue weighted by Gasteiger charge is -2.10. The van der Waals surface area contributed by atoms with Crippen LogP contribution in [0.1, 0.15) is 10.5 Å². The van der Waals surface area contributed by atoms with Gasteiger partial charge >= 0.3 is 0 Å². The molecule has 2 aromatic heterocycles. The van der Waals surface area contributed by atoms with Crippen molar-refractivity contribution in [1.82, 2.24) is 19.9 Å². The Hall–Kier alpha value is -2.45. The Labute approximate surface area is 142 Å². The monoisotopic (exact) mass is 346 g/mol. The van der Waals surface area contributed by atoms with Crippen molar-refractivity contribution in [2.24, 2.45) is 0 Å². The Morgan fingerprint density at radius 1 is 1.38 bits per heavy atom. The van der Waals surface area contributed by atoms with Gasteiger partial charge in [-0.25, -0.2) is 14.4 Å². The molecule has 0 radical (unpaired) electrons. The number of nitrogens with one attached hydrogen (secondary N) is 1. The minimum atomic E-state index is -0.347. The summed E-state index contributed by atoms with van der Waals surface area (Å²) in [4.78, 5) is 21.2. The average Bonchev–Trinajstić information content (AvgIpc) is 2.99. The van der Waals surface area contributed by atoms with Gasteiger partial charge in [0, 0.05) is 24.4 Å². The van der Waals surface area contributed by atoms with Gasteiger partial charge in [-0.1, -0.05) is 11.8 Å². The molecule has 0 unspecified atom stereocenters. The highest BCUT2D eigenvalue weighted by atomic mass is 32.2. The largest absolute Gasteiger partial charge is 0.364 e. The maximum atomic E-state index is 13.3. The molecule has 1 N–H and O–H groups in total. The molecular formula is C16H15FN4O2S. The molecule has 0 aliphatic heterocycles. The van der Waals surface area contributed by atoms with Gasteiger partial charge in [0.05, 0.1) is 0 Å². The van der Waals surface area contributed by atoms with E-state index in [0.29, 0.717) is 22.2 Å². The van der Waals surface area contributed by atoms with E-state index in [9.17, 15) is 9.18 Å². The van der Waals surface area contributed by atoms with E-state index in [-0.39, 0.29) is 18.5 Å². The van der Waals surface area contributed by atoms with Crippen LogP contribution in [0.5, 0.6) is 0 Å². The first-order valence-corrected chi connectivity index (χ1v) is 8.32. The highest BCUT2D eigenvalue weighted by molar-refractivity contribution is 7.98. The third-order valence-electron chi connectivity index (χ3n) is 3.40. The summed E-state index contributed by atoms with van der Waals surface area (Å²) in [5, 5.41) is 3.96. The van der Waals surface area contributed by atoms with Gasteiger partial charge in [-0.3, -0.25) is 9.36 Å². The number of rotatable bonds is 5. The second-order valence-corrected chi connectivity index (χ2v) is 5.69. The van der Waals surface area contributed by atoms with E-state index in [1.807, 2.05) is 6.26 Å². The third-order valence-corrected chi connectivity index (χ3v) is 3.96. The molecule has 0 spiro atoms. The maximum Gasteiger partial charge on any atom is 0.270 e. The summed E-state index contributed by atoms with van der Waals surface area (Å²) in [5.74, 6) is -0.662. The minimum absolute atomic E-state index is 0.0888. The van der Waals surface area contributed by atoms with Crippen molar-refractivity contribution in [1.29, 1.82) is 0 Å². The Bertz CT molecular complexity index is 880. The maximum absolute atomic E-state index is 13.3. The van der Waals surface area contributed by atoms with Crippen LogP contribution < -0.4 is 5.32 Å². The lowest BCUT2D eigenvalue weighted by molar-refractivity contribution is 0.0865. The number of methoxy groups -OCH3 is 1. The molecule has 3 aromatic rings. The summed E-state index contributed by atoms with van der Waals surface area (Å²) in [6, 6.07) is 7.59. The molecule has 8 heteroatoms. The van der Waals surface area contributed by atoms with E-state index < -0.39 is 0 Å². The molecule has 0 aliphatic rings. The Balaban J connectivity index is 2.20. The van der Waals surface area contributed by atoms with Gasteiger partial charge in [0.15, 0.2) is 5.16 Å². The van der Waals surface area contributed by atoms with Crippen LogP contribution in [-0.4, -0.2) is 40.5 Å². The Kier molecular flexibility index (Phi) is 4.77. The number of ether oxygens (including phenoxy) is 1. The standard InChI is InChI=1S/C16H15FN4O2S/c1-23-9-19-15(22)13-7-10-8-18-16(24-2)20-14(10)21(13)12-5-3-11(17)4-6-12/h3-8H,9H2,1-2H3,(H,19,22). The van der Waals surface area contributed by atoms with Crippen LogP contribution in [0.15, 0.2) is 41.7 Å².